The fourth-order valence-electron chi connectivity index (χ4n) is 2.11. The molecule has 6 heteroatoms. The molecule has 0 fully saturated rings. The van der Waals surface area contributed by atoms with Gasteiger partial charge in [-0.15, -0.1) is 11.8 Å². The first-order valence-electron chi connectivity index (χ1n) is 5.87. The van der Waals surface area contributed by atoms with Crippen LogP contribution >= 0.6 is 27.7 Å². The van der Waals surface area contributed by atoms with Crippen molar-refractivity contribution in [2.24, 2.45) is 0 Å². The van der Waals surface area contributed by atoms with Crippen LogP contribution in [0.2, 0.25) is 0 Å². The van der Waals surface area contributed by atoms with E-state index in [1.165, 1.54) is 6.07 Å². The third kappa shape index (κ3) is 2.19. The maximum Gasteiger partial charge on any atom is 0.205 e. The van der Waals surface area contributed by atoms with Crippen molar-refractivity contribution in [1.29, 1.82) is 0 Å². The van der Waals surface area contributed by atoms with Gasteiger partial charge in [-0.05, 0) is 46.5 Å². The van der Waals surface area contributed by atoms with Gasteiger partial charge in [-0.25, -0.2) is 9.37 Å². The number of hydrogen-bond donors (Lipinski definition) is 1. The van der Waals surface area contributed by atoms with Crippen LogP contribution in [0.15, 0.2) is 45.8 Å². The van der Waals surface area contributed by atoms with E-state index in [-0.39, 0.29) is 5.82 Å². The van der Waals surface area contributed by atoms with E-state index in [1.807, 2.05) is 30.5 Å². The molecular formula is C14H11BrFN3S. The summed E-state index contributed by atoms with van der Waals surface area (Å²) in [6, 6.07) is 11.0. The highest BCUT2D eigenvalue weighted by atomic mass is 79.9. The second-order valence-corrected chi connectivity index (χ2v) is 6.00. The van der Waals surface area contributed by atoms with Gasteiger partial charge < -0.3 is 5.73 Å². The molecular weight excluding hydrogens is 341 g/mol. The molecule has 102 valence electrons. The van der Waals surface area contributed by atoms with Gasteiger partial charge >= 0.3 is 0 Å². The van der Waals surface area contributed by atoms with Crippen LogP contribution in [0.5, 0.6) is 0 Å². The predicted octanol–water partition coefficient (Wildman–Crippen LogP) is 4.23. The Bertz CT molecular complexity index is 800. The van der Waals surface area contributed by atoms with Crippen molar-refractivity contribution >= 4 is 44.7 Å². The number of nitrogens with two attached hydrogens (primary N) is 1. The second-order valence-electron chi connectivity index (χ2n) is 4.26. The molecule has 0 aliphatic carbocycles. The lowest BCUT2D eigenvalue weighted by molar-refractivity contribution is 0.622. The Labute approximate surface area is 128 Å². The molecule has 1 heterocycles. The van der Waals surface area contributed by atoms with E-state index < -0.39 is 0 Å². The van der Waals surface area contributed by atoms with Crippen molar-refractivity contribution in [3.8, 4) is 5.69 Å². The molecule has 0 aliphatic rings. The molecule has 0 amide bonds. The third-order valence-electron chi connectivity index (χ3n) is 3.03. The summed E-state index contributed by atoms with van der Waals surface area (Å²) in [5, 5.41) is 0. The normalized spacial score (nSPS) is 11.2. The summed E-state index contributed by atoms with van der Waals surface area (Å²) in [5.41, 5.74) is 8.17. The average Bonchev–Trinajstić information content (AvgIpc) is 2.74. The van der Waals surface area contributed by atoms with Crippen molar-refractivity contribution in [3.05, 3.63) is 46.7 Å². The van der Waals surface area contributed by atoms with Gasteiger partial charge in [0.05, 0.1) is 21.2 Å². The largest absolute Gasteiger partial charge is 0.369 e. The number of nitrogens with zero attached hydrogens (tertiary/aromatic N) is 2. The first-order valence-corrected chi connectivity index (χ1v) is 7.89. The minimum atomic E-state index is -0.334. The average molecular weight is 352 g/mol. The SMILES string of the molecule is CSc1cccc(-n2c(N)nc3cc(Br)c(F)cc32)c1. The summed E-state index contributed by atoms with van der Waals surface area (Å²) >= 11 is 4.80. The highest BCUT2D eigenvalue weighted by Crippen LogP contribution is 2.29. The van der Waals surface area contributed by atoms with Gasteiger partial charge in [0.1, 0.15) is 5.82 Å². The third-order valence-corrected chi connectivity index (χ3v) is 4.37. The molecule has 2 aromatic carbocycles. The summed E-state index contributed by atoms with van der Waals surface area (Å²) < 4.78 is 15.9. The maximum atomic E-state index is 13.8. The number of aromatic nitrogens is 2. The molecule has 0 saturated heterocycles. The highest BCUT2D eigenvalue weighted by Gasteiger charge is 2.13. The smallest absolute Gasteiger partial charge is 0.205 e. The Morgan fingerprint density at radius 3 is 2.85 bits per heavy atom. The van der Waals surface area contributed by atoms with Gasteiger partial charge in [0, 0.05) is 11.0 Å². The van der Waals surface area contributed by atoms with Crippen LogP contribution < -0.4 is 5.73 Å². The molecule has 0 unspecified atom stereocenters. The van der Waals surface area contributed by atoms with Crippen LogP contribution in [-0.2, 0) is 0 Å². The molecule has 0 spiro atoms. The molecule has 20 heavy (non-hydrogen) atoms. The van der Waals surface area contributed by atoms with E-state index in [0.29, 0.717) is 21.5 Å². The second kappa shape index (κ2) is 5.10. The van der Waals surface area contributed by atoms with Crippen molar-refractivity contribution in [2.45, 2.75) is 4.90 Å². The summed E-state index contributed by atoms with van der Waals surface area (Å²) in [7, 11) is 0. The monoisotopic (exact) mass is 351 g/mol. The van der Waals surface area contributed by atoms with E-state index in [4.69, 9.17) is 5.73 Å². The lowest BCUT2D eigenvalue weighted by Gasteiger charge is -2.08. The van der Waals surface area contributed by atoms with Crippen LogP contribution in [0.1, 0.15) is 0 Å². The van der Waals surface area contributed by atoms with Crippen LogP contribution in [0, 0.1) is 5.82 Å². The molecule has 1 aromatic heterocycles. The summed E-state index contributed by atoms with van der Waals surface area (Å²) in [5.74, 6) is 0.00965. The Balaban J connectivity index is 2.29. The zero-order valence-corrected chi connectivity index (χ0v) is 13.0. The molecule has 0 radical (unpaired) electrons. The minimum Gasteiger partial charge on any atom is -0.369 e. The quantitative estimate of drug-likeness (QED) is 0.702. The van der Waals surface area contributed by atoms with Crippen molar-refractivity contribution < 1.29 is 4.39 Å². The fraction of sp³-hybridized carbons (Fsp3) is 0.0714. The lowest BCUT2D eigenvalue weighted by atomic mass is 10.2. The number of nitrogen functional groups attached to an aromatic ring is 1. The van der Waals surface area contributed by atoms with Crippen LogP contribution in [0.4, 0.5) is 10.3 Å². The molecule has 0 bridgehead atoms. The zero-order valence-electron chi connectivity index (χ0n) is 10.6. The number of anilines is 1. The lowest BCUT2D eigenvalue weighted by Crippen LogP contribution is -2.00. The van der Waals surface area contributed by atoms with Gasteiger partial charge in [0.15, 0.2) is 0 Å². The van der Waals surface area contributed by atoms with Gasteiger partial charge in [0.25, 0.3) is 0 Å². The molecule has 3 nitrogen and oxygen atoms in total. The van der Waals surface area contributed by atoms with Crippen molar-refractivity contribution in [1.82, 2.24) is 9.55 Å². The standard InChI is InChI=1S/C14H11BrFN3S/c1-20-9-4-2-3-8(5-9)19-13-7-11(16)10(15)6-12(13)18-14(19)17/h2-7H,1H3,(H2,17,18). The van der Waals surface area contributed by atoms with Crippen LogP contribution in [-0.4, -0.2) is 15.8 Å². The Morgan fingerprint density at radius 1 is 1.30 bits per heavy atom. The molecule has 0 aliphatic heterocycles. The van der Waals surface area contributed by atoms with E-state index in [9.17, 15) is 4.39 Å². The van der Waals surface area contributed by atoms with E-state index in [1.54, 1.807) is 22.4 Å². The number of thioether (sulfide) groups is 1. The fourth-order valence-corrected chi connectivity index (χ4v) is 2.90. The van der Waals surface area contributed by atoms with Crippen molar-refractivity contribution in [3.63, 3.8) is 0 Å². The predicted molar refractivity (Wildman–Crippen MR) is 84.9 cm³/mol. The Hall–Kier alpha value is -1.53. The summed E-state index contributed by atoms with van der Waals surface area (Å²) in [4.78, 5) is 5.40. The van der Waals surface area contributed by atoms with Gasteiger partial charge in [-0.2, -0.15) is 0 Å². The number of imidazole rings is 1. The maximum absolute atomic E-state index is 13.8. The van der Waals surface area contributed by atoms with Crippen molar-refractivity contribution in [2.75, 3.05) is 12.0 Å². The number of hydrogen-bond acceptors (Lipinski definition) is 3. The minimum absolute atomic E-state index is 0.334. The van der Waals surface area contributed by atoms with Crippen LogP contribution in [0.3, 0.4) is 0 Å². The zero-order chi connectivity index (χ0) is 14.3. The number of rotatable bonds is 2. The summed E-state index contributed by atoms with van der Waals surface area (Å²) in [6.45, 7) is 0. The van der Waals surface area contributed by atoms with E-state index in [0.717, 1.165) is 10.6 Å². The topological polar surface area (TPSA) is 43.8 Å². The Kier molecular flexibility index (Phi) is 3.43. The molecule has 2 N–H and O–H groups in total. The van der Waals surface area contributed by atoms with E-state index >= 15 is 0 Å². The first-order chi connectivity index (χ1) is 9.60. The number of benzene rings is 2. The number of fused-ring (bicyclic) bond motifs is 1. The Morgan fingerprint density at radius 2 is 2.10 bits per heavy atom. The molecule has 3 rings (SSSR count). The van der Waals surface area contributed by atoms with Gasteiger partial charge in [-0.3, -0.25) is 4.57 Å². The van der Waals surface area contributed by atoms with E-state index in [2.05, 4.69) is 20.9 Å². The highest BCUT2D eigenvalue weighted by molar-refractivity contribution is 9.10. The molecule has 0 saturated carbocycles. The molecule has 0 atom stereocenters. The van der Waals surface area contributed by atoms with Gasteiger partial charge in [-0.1, -0.05) is 6.07 Å². The summed E-state index contributed by atoms with van der Waals surface area (Å²) in [6.07, 6.45) is 2.01. The van der Waals surface area contributed by atoms with Gasteiger partial charge in [0.2, 0.25) is 5.95 Å². The van der Waals surface area contributed by atoms with Crippen LogP contribution in [0.25, 0.3) is 16.7 Å². The molecule has 3 aromatic rings. The first kappa shape index (κ1) is 13.5. The number of halogens is 2.